The molecule has 0 aliphatic rings. The van der Waals surface area contributed by atoms with E-state index in [2.05, 4.69) is 379 Å². The Morgan fingerprint density at radius 2 is 0.520 bits per heavy atom. The van der Waals surface area contributed by atoms with Crippen LogP contribution in [0.5, 0.6) is 0 Å². The molecule has 0 fully saturated rings. The Labute approximate surface area is 620 Å². The van der Waals surface area contributed by atoms with Crippen molar-refractivity contribution in [3.8, 4) is 67.5 Å². The normalized spacial score (nSPS) is 11.2. The molecule has 12 rings (SSSR count). The highest BCUT2D eigenvalue weighted by molar-refractivity contribution is 5.71. The van der Waals surface area contributed by atoms with Crippen LogP contribution in [-0.2, 0) is 42.3 Å². The monoisotopic (exact) mass is 1360 g/mol. The molecule has 0 N–H and O–H groups in total. The Hall–Kier alpha value is -9.78. The Kier molecular flexibility index (Phi) is 25.5. The molecule has 12 aromatic rings. The van der Waals surface area contributed by atoms with Crippen LogP contribution in [0.2, 0.25) is 0 Å². The fourth-order valence-corrected chi connectivity index (χ4v) is 13.8. The quantitative estimate of drug-likeness (QED) is 0.148. The third-order valence-electron chi connectivity index (χ3n) is 20.8. The summed E-state index contributed by atoms with van der Waals surface area (Å²) in [5.74, 6) is 0. The lowest BCUT2D eigenvalue weighted by Gasteiger charge is -2.11. The Morgan fingerprint density at radius 1 is 0.206 bits per heavy atom. The van der Waals surface area contributed by atoms with Gasteiger partial charge in [-0.3, -0.25) is 0 Å². The molecule has 6 heterocycles. The number of hydrogen-bond acceptors (Lipinski definition) is 0. The maximum Gasteiger partial charge on any atom is 0.215 e. The number of nitrogens with zero attached hydrogens (tertiary/aromatic N) is 6. The number of benzene rings is 6. The van der Waals surface area contributed by atoms with Gasteiger partial charge in [0.1, 0.15) is 42.3 Å². The number of aryl methyl sites for hydroxylation is 23. The van der Waals surface area contributed by atoms with Crippen LogP contribution in [0.3, 0.4) is 0 Å². The largest absolute Gasteiger partial charge is 0.215 e. The minimum atomic E-state index is -2.05. The summed E-state index contributed by atoms with van der Waals surface area (Å²) < 4.78 is 36.0. The van der Waals surface area contributed by atoms with Crippen LogP contribution in [0.1, 0.15) is 138 Å². The molecule has 102 heavy (non-hydrogen) atoms. The summed E-state index contributed by atoms with van der Waals surface area (Å²) in [6, 6.07) is 64.3. The summed E-state index contributed by atoms with van der Waals surface area (Å²) in [5, 5.41) is 0. The summed E-state index contributed by atoms with van der Waals surface area (Å²) in [6.07, 6.45) is 0. The van der Waals surface area contributed by atoms with Crippen LogP contribution in [0.25, 0.3) is 67.5 Å². The predicted octanol–water partition coefficient (Wildman–Crippen LogP) is 20.5. The van der Waals surface area contributed by atoms with E-state index < -0.39 is 6.85 Å². The first-order valence-electron chi connectivity index (χ1n) is 37.5. The fourth-order valence-electron chi connectivity index (χ4n) is 13.8. The van der Waals surface area contributed by atoms with Crippen LogP contribution < -0.4 is 27.4 Å². The zero-order chi connectivity index (χ0) is 78.0. The van der Waals surface area contributed by atoms with Gasteiger partial charge in [0, 0.05) is 138 Å². The van der Waals surface area contributed by atoms with Crippen molar-refractivity contribution in [3.63, 3.8) is 0 Å². The van der Waals surface area contributed by atoms with E-state index in [1.165, 1.54) is 179 Å². The smallest absolute Gasteiger partial charge is 0.199 e. The Bertz CT molecular complexity index is 4910. The second kappa shape index (κ2) is 34.7. The highest BCUT2D eigenvalue weighted by Crippen LogP contribution is 2.32. The number of rotatable bonds is 6. The van der Waals surface area contributed by atoms with Crippen LogP contribution >= 0.6 is 0 Å². The minimum absolute atomic E-state index is 0.395. The van der Waals surface area contributed by atoms with Crippen LogP contribution in [-0.4, -0.2) is 0 Å². The van der Waals surface area contributed by atoms with Gasteiger partial charge in [0.15, 0.2) is 34.2 Å². The molecule has 0 spiro atoms. The number of aromatic nitrogens is 6. The van der Waals surface area contributed by atoms with Crippen molar-refractivity contribution < 1.29 is 31.5 Å². The predicted molar refractivity (Wildman–Crippen MR) is 432 cm³/mol. The highest BCUT2D eigenvalue weighted by Gasteiger charge is 2.24. The molecular formula is C96H120N6+6. The van der Waals surface area contributed by atoms with Crippen molar-refractivity contribution in [3.05, 3.63) is 316 Å². The van der Waals surface area contributed by atoms with E-state index in [1.807, 2.05) is 20.0 Å². The molecule has 0 saturated carbocycles. The molecule has 6 nitrogen and oxygen atoms in total. The fraction of sp³-hybridized carbons (Fsp3) is 0.312. The minimum Gasteiger partial charge on any atom is -0.199 e. The van der Waals surface area contributed by atoms with Gasteiger partial charge in [-0.2, -0.15) is 27.4 Å². The van der Waals surface area contributed by atoms with Gasteiger partial charge in [0.05, 0.1) is 11.1 Å². The molecule has 528 valence electrons. The summed E-state index contributed by atoms with van der Waals surface area (Å²) in [7, 11) is 12.7. The third-order valence-corrected chi connectivity index (χ3v) is 20.8. The van der Waals surface area contributed by atoms with Crippen molar-refractivity contribution in [1.82, 2.24) is 0 Å². The van der Waals surface area contributed by atoms with Gasteiger partial charge in [-0.15, -0.1) is 0 Å². The molecule has 0 aliphatic heterocycles. The van der Waals surface area contributed by atoms with Gasteiger partial charge in [-0.1, -0.05) is 102 Å². The lowest BCUT2D eigenvalue weighted by Crippen LogP contribution is -2.35. The van der Waals surface area contributed by atoms with Gasteiger partial charge < -0.3 is 0 Å². The van der Waals surface area contributed by atoms with Crippen LogP contribution in [0.15, 0.2) is 182 Å². The van der Waals surface area contributed by atoms with Gasteiger partial charge in [0.25, 0.3) is 0 Å². The maximum atomic E-state index is 7.49. The first-order chi connectivity index (χ1) is 49.3. The maximum absolute atomic E-state index is 7.49. The molecular weight excluding hydrogens is 1240 g/mol. The first-order valence-corrected chi connectivity index (χ1v) is 36.0. The van der Waals surface area contributed by atoms with Gasteiger partial charge in [-0.25, -0.2) is 0 Å². The van der Waals surface area contributed by atoms with E-state index >= 15 is 0 Å². The van der Waals surface area contributed by atoms with Crippen molar-refractivity contribution in [2.75, 3.05) is 0 Å². The van der Waals surface area contributed by atoms with Gasteiger partial charge in [0.2, 0.25) is 34.2 Å². The van der Waals surface area contributed by atoms with Crippen molar-refractivity contribution in [1.29, 1.82) is 0 Å². The zero-order valence-electron chi connectivity index (χ0n) is 70.5. The van der Waals surface area contributed by atoms with E-state index in [0.717, 1.165) is 16.8 Å². The zero-order valence-corrected chi connectivity index (χ0v) is 67.5. The molecule has 6 aromatic carbocycles. The molecule has 0 radical (unpaired) electrons. The number of pyridine rings is 6. The van der Waals surface area contributed by atoms with Crippen molar-refractivity contribution in [2.45, 2.75) is 166 Å². The van der Waals surface area contributed by atoms with Crippen molar-refractivity contribution in [2.24, 2.45) is 42.3 Å². The highest BCUT2D eigenvalue weighted by atomic mass is 15.0. The van der Waals surface area contributed by atoms with E-state index in [-0.39, 0.29) is 0 Å². The molecule has 0 atom stereocenters. The van der Waals surface area contributed by atoms with Gasteiger partial charge in [-0.05, 0) is 235 Å². The molecule has 0 aliphatic carbocycles. The lowest BCUT2D eigenvalue weighted by atomic mass is 9.96. The lowest BCUT2D eigenvalue weighted by molar-refractivity contribution is -0.667. The molecule has 0 unspecified atom stereocenters. The number of hydrogen-bond donors (Lipinski definition) is 0. The van der Waals surface area contributed by atoms with E-state index in [9.17, 15) is 0 Å². The van der Waals surface area contributed by atoms with E-state index in [1.54, 1.807) is 12.1 Å². The third kappa shape index (κ3) is 18.7. The van der Waals surface area contributed by atoms with E-state index in [0.29, 0.717) is 5.56 Å². The Balaban J connectivity index is 0.000000176. The van der Waals surface area contributed by atoms with E-state index in [4.69, 9.17) is 4.11 Å². The molecule has 6 heteroatoms. The molecule has 0 amide bonds. The van der Waals surface area contributed by atoms with Crippen molar-refractivity contribution >= 4 is 0 Å². The summed E-state index contributed by atoms with van der Waals surface area (Å²) in [4.78, 5) is 0. The van der Waals surface area contributed by atoms with Crippen LogP contribution in [0.4, 0.5) is 0 Å². The SMILES string of the molecule is Cc1cc(C)[n+](C)c(-c2cccc(C)c2C)c1.Cc1ccc(C)c(-c2c(C)ccc(C)[n+]2C)c1.Cc1ccc(C)c(-c2c(C)ccc(C)[n+]2C)c1.Cc1cccc(C)c1-c1c(C)ccc(C)[n+]1C.Cc1cccc(C)c1-c1c(C)ccc(C)[n+]1C.[2H]C([2H])([2H])c1ccc(-c2c(C)ccc(C)[n+]2C)c(C)c1. The Morgan fingerprint density at radius 3 is 0.882 bits per heavy atom. The topological polar surface area (TPSA) is 23.3 Å². The molecule has 0 bridgehead atoms. The second-order valence-electron chi connectivity index (χ2n) is 28.9. The summed E-state index contributed by atoms with van der Waals surface area (Å²) in [6.45, 7) is 47.4. The second-order valence-corrected chi connectivity index (χ2v) is 28.9. The molecule has 0 saturated heterocycles. The summed E-state index contributed by atoms with van der Waals surface area (Å²) >= 11 is 0. The van der Waals surface area contributed by atoms with Gasteiger partial charge >= 0.3 is 0 Å². The average molecular weight is 1360 g/mol. The molecule has 6 aromatic heterocycles. The first kappa shape index (κ1) is 74.9. The standard InChI is InChI=1S/6C16H20N/c1-11-6-9-15(13(3)10-11)16-12(2)7-8-14(4)17(16)5;2*1-11-6-7-12(2)15(10-11)16-13(3)8-9-14(4)17(16)5;1-11-9-13(3)17(5)16(10-11)15-8-6-7-12(2)14(15)4;2*1-11-7-6-8-12(2)15(11)16-13(3)9-10-14(4)17(16)5/h6*6-10H,1-5H3/q6*+1/i1D3;;;;;. The average Bonchev–Trinajstić information content (AvgIpc) is 0.807. The van der Waals surface area contributed by atoms with Crippen LogP contribution in [0, 0.1) is 166 Å². The summed E-state index contributed by atoms with van der Waals surface area (Å²) in [5.41, 5.74) is 45.8.